The molecule has 24 heavy (non-hydrogen) atoms. The van der Waals surface area contributed by atoms with Crippen LogP contribution in [0, 0.1) is 0 Å². The van der Waals surface area contributed by atoms with E-state index >= 15 is 0 Å². The maximum atomic E-state index is 12.1. The molecule has 2 rings (SSSR count). The van der Waals surface area contributed by atoms with Crippen molar-refractivity contribution in [2.45, 2.75) is 71.6 Å². The van der Waals surface area contributed by atoms with E-state index in [-0.39, 0.29) is 5.91 Å². The lowest BCUT2D eigenvalue weighted by Crippen LogP contribution is -2.09. The molecular formula is C21H31NO2. The van der Waals surface area contributed by atoms with Crippen LogP contribution in [0.4, 0.5) is 0 Å². The summed E-state index contributed by atoms with van der Waals surface area (Å²) in [5, 5.41) is 1.08. The molecule has 0 aliphatic carbocycles. The lowest BCUT2D eigenvalue weighted by atomic mass is 10.1. The predicted molar refractivity (Wildman–Crippen MR) is 101 cm³/mol. The molecule has 0 saturated heterocycles. The summed E-state index contributed by atoms with van der Waals surface area (Å²) in [6, 6.07) is 8.04. The molecule has 0 amide bonds. The monoisotopic (exact) mass is 329 g/mol. The number of hydrogen-bond acceptors (Lipinski definition) is 2. The molecule has 0 aliphatic heterocycles. The van der Waals surface area contributed by atoms with Gasteiger partial charge in [0.05, 0.1) is 12.6 Å². The second kappa shape index (κ2) is 9.51. The Morgan fingerprint density at radius 1 is 1.00 bits per heavy atom. The number of fused-ring (bicyclic) bond motifs is 1. The molecular weight excluding hydrogens is 298 g/mol. The van der Waals surface area contributed by atoms with Crippen molar-refractivity contribution >= 4 is 16.8 Å². The quantitative estimate of drug-likeness (QED) is 0.501. The van der Waals surface area contributed by atoms with Gasteiger partial charge in [0.1, 0.15) is 5.75 Å². The molecule has 3 heteroatoms. The summed E-state index contributed by atoms with van der Waals surface area (Å²) in [6.07, 6.45) is 11.4. The van der Waals surface area contributed by atoms with E-state index in [1.807, 2.05) is 22.8 Å². The van der Waals surface area contributed by atoms with E-state index in [9.17, 15) is 4.79 Å². The number of nitrogens with zero attached hydrogens (tertiary/aromatic N) is 1. The van der Waals surface area contributed by atoms with Crippen molar-refractivity contribution in [3.8, 4) is 5.75 Å². The van der Waals surface area contributed by atoms with Gasteiger partial charge in [0.25, 0.3) is 0 Å². The molecule has 0 N–H and O–H groups in total. The molecule has 0 fully saturated rings. The lowest BCUT2D eigenvalue weighted by molar-refractivity contribution is 0.0938. The first kappa shape index (κ1) is 18.6. The van der Waals surface area contributed by atoms with E-state index < -0.39 is 0 Å². The minimum Gasteiger partial charge on any atom is -0.497 e. The van der Waals surface area contributed by atoms with Crippen molar-refractivity contribution in [2.75, 3.05) is 7.11 Å². The first-order valence-electron chi connectivity index (χ1n) is 9.36. The summed E-state index contributed by atoms with van der Waals surface area (Å²) in [5.41, 5.74) is 2.11. The standard InChI is InChI=1S/C21H31NO2/c1-4-5-6-7-8-9-10-11-12-19-15-18-16-20(24-3)13-14-21(18)22(19)17(2)23/h13-16H,4-12H2,1-3H3. The molecule has 1 aromatic carbocycles. The minimum absolute atomic E-state index is 0.0877. The Balaban J connectivity index is 1.93. The van der Waals surface area contributed by atoms with Crippen LogP contribution >= 0.6 is 0 Å². The number of benzene rings is 1. The maximum absolute atomic E-state index is 12.1. The third-order valence-corrected chi connectivity index (χ3v) is 4.69. The Labute approximate surface area is 146 Å². The lowest BCUT2D eigenvalue weighted by Gasteiger charge is -2.07. The van der Waals surface area contributed by atoms with Crippen molar-refractivity contribution in [2.24, 2.45) is 0 Å². The van der Waals surface area contributed by atoms with Crippen molar-refractivity contribution in [3.63, 3.8) is 0 Å². The van der Waals surface area contributed by atoms with Gasteiger partial charge in [0.2, 0.25) is 5.91 Å². The van der Waals surface area contributed by atoms with E-state index in [0.29, 0.717) is 0 Å². The molecule has 0 saturated carbocycles. The number of carbonyl (C=O) groups excluding carboxylic acids is 1. The summed E-state index contributed by atoms with van der Waals surface area (Å²) in [5.74, 6) is 0.923. The van der Waals surface area contributed by atoms with Crippen LogP contribution in [0.2, 0.25) is 0 Å². The van der Waals surface area contributed by atoms with Gasteiger partial charge >= 0.3 is 0 Å². The predicted octanol–water partition coefficient (Wildman–Crippen LogP) is 5.99. The molecule has 0 bridgehead atoms. The fraction of sp³-hybridized carbons (Fsp3) is 0.571. The molecule has 1 aromatic heterocycles. The number of ether oxygens (including phenoxy) is 1. The van der Waals surface area contributed by atoms with Crippen LogP contribution in [0.3, 0.4) is 0 Å². The molecule has 2 aromatic rings. The Morgan fingerprint density at radius 3 is 2.29 bits per heavy atom. The van der Waals surface area contributed by atoms with Crippen molar-refractivity contribution in [1.82, 2.24) is 4.57 Å². The summed E-state index contributed by atoms with van der Waals surface area (Å²) in [7, 11) is 1.67. The molecule has 3 nitrogen and oxygen atoms in total. The van der Waals surface area contributed by atoms with Gasteiger partial charge in [-0.25, -0.2) is 0 Å². The zero-order valence-corrected chi connectivity index (χ0v) is 15.4. The zero-order chi connectivity index (χ0) is 17.4. The number of unbranched alkanes of at least 4 members (excludes halogenated alkanes) is 7. The second-order valence-corrected chi connectivity index (χ2v) is 6.64. The second-order valence-electron chi connectivity index (χ2n) is 6.64. The van der Waals surface area contributed by atoms with Crippen LogP contribution in [-0.4, -0.2) is 17.6 Å². The van der Waals surface area contributed by atoms with Gasteiger partial charge in [-0.3, -0.25) is 9.36 Å². The number of aryl methyl sites for hydroxylation is 1. The summed E-state index contributed by atoms with van der Waals surface area (Å²) in [4.78, 5) is 12.1. The normalized spacial score (nSPS) is 11.1. The average molecular weight is 329 g/mol. The van der Waals surface area contributed by atoms with E-state index in [1.165, 1.54) is 44.9 Å². The Bertz CT molecular complexity index is 657. The van der Waals surface area contributed by atoms with Crippen LogP contribution in [0.1, 0.15) is 75.7 Å². The number of rotatable bonds is 10. The smallest absolute Gasteiger partial charge is 0.228 e. The van der Waals surface area contributed by atoms with E-state index in [1.54, 1.807) is 14.0 Å². The highest BCUT2D eigenvalue weighted by molar-refractivity contribution is 5.93. The van der Waals surface area contributed by atoms with Crippen molar-refractivity contribution < 1.29 is 9.53 Å². The number of aromatic nitrogens is 1. The summed E-state index contributed by atoms with van der Waals surface area (Å²) < 4.78 is 7.15. The number of hydrogen-bond donors (Lipinski definition) is 0. The van der Waals surface area contributed by atoms with Crippen LogP contribution < -0.4 is 4.74 Å². The summed E-state index contributed by atoms with van der Waals surface area (Å²) >= 11 is 0. The molecule has 132 valence electrons. The average Bonchev–Trinajstić information content (AvgIpc) is 2.94. The number of carbonyl (C=O) groups is 1. The minimum atomic E-state index is 0.0877. The van der Waals surface area contributed by atoms with Gasteiger partial charge in [-0.15, -0.1) is 0 Å². The molecule has 0 unspecified atom stereocenters. The highest BCUT2D eigenvalue weighted by atomic mass is 16.5. The first-order valence-corrected chi connectivity index (χ1v) is 9.36. The fourth-order valence-corrected chi connectivity index (χ4v) is 3.37. The third-order valence-electron chi connectivity index (χ3n) is 4.69. The van der Waals surface area contributed by atoms with Gasteiger partial charge in [-0.05, 0) is 37.1 Å². The van der Waals surface area contributed by atoms with Gasteiger partial charge < -0.3 is 4.74 Å². The van der Waals surface area contributed by atoms with Crippen LogP contribution in [0.15, 0.2) is 24.3 Å². The highest BCUT2D eigenvalue weighted by Crippen LogP contribution is 2.25. The Kier molecular flexibility index (Phi) is 7.36. The highest BCUT2D eigenvalue weighted by Gasteiger charge is 2.12. The number of methoxy groups -OCH3 is 1. The van der Waals surface area contributed by atoms with Crippen LogP contribution in [0.5, 0.6) is 5.75 Å². The molecule has 0 atom stereocenters. The van der Waals surface area contributed by atoms with Crippen LogP contribution in [0.25, 0.3) is 10.9 Å². The van der Waals surface area contributed by atoms with Gasteiger partial charge in [-0.2, -0.15) is 0 Å². The van der Waals surface area contributed by atoms with Crippen LogP contribution in [-0.2, 0) is 6.42 Å². The fourth-order valence-electron chi connectivity index (χ4n) is 3.37. The van der Waals surface area contributed by atoms with E-state index in [2.05, 4.69) is 13.0 Å². The first-order chi connectivity index (χ1) is 11.7. The topological polar surface area (TPSA) is 31.2 Å². The maximum Gasteiger partial charge on any atom is 0.228 e. The molecule has 0 aliphatic rings. The molecule has 0 spiro atoms. The van der Waals surface area contributed by atoms with Crippen molar-refractivity contribution in [3.05, 3.63) is 30.0 Å². The van der Waals surface area contributed by atoms with Gasteiger partial charge in [-0.1, -0.05) is 51.9 Å². The Hall–Kier alpha value is -1.77. The largest absolute Gasteiger partial charge is 0.497 e. The third kappa shape index (κ3) is 4.86. The summed E-state index contributed by atoms with van der Waals surface area (Å²) in [6.45, 7) is 3.89. The van der Waals surface area contributed by atoms with Crippen molar-refractivity contribution in [1.29, 1.82) is 0 Å². The SMILES string of the molecule is CCCCCCCCCCc1cc2cc(OC)ccc2n1C(C)=O. The zero-order valence-electron chi connectivity index (χ0n) is 15.4. The van der Waals surface area contributed by atoms with E-state index in [4.69, 9.17) is 4.74 Å². The Morgan fingerprint density at radius 2 is 1.67 bits per heavy atom. The molecule has 0 radical (unpaired) electrons. The van der Waals surface area contributed by atoms with Gasteiger partial charge in [0, 0.05) is 18.0 Å². The molecule has 1 heterocycles. The van der Waals surface area contributed by atoms with Gasteiger partial charge in [0.15, 0.2) is 0 Å². The van der Waals surface area contributed by atoms with E-state index in [0.717, 1.165) is 35.2 Å².